The number of carbonyl (C=O) groups excluding carboxylic acids is 1. The van der Waals surface area contributed by atoms with Crippen LogP contribution >= 0.6 is 11.6 Å². The summed E-state index contributed by atoms with van der Waals surface area (Å²) in [5.74, 6) is -1.47. The van der Waals surface area contributed by atoms with Gasteiger partial charge in [-0.05, 0) is 36.2 Å². The molecule has 0 aliphatic rings. The predicted molar refractivity (Wildman–Crippen MR) is 99.1 cm³/mol. The summed E-state index contributed by atoms with van der Waals surface area (Å²) in [6, 6.07) is 12.0. The fourth-order valence-corrected chi connectivity index (χ4v) is 2.67. The van der Waals surface area contributed by atoms with Crippen molar-refractivity contribution in [3.63, 3.8) is 0 Å². The number of hydrogen-bond acceptors (Lipinski definition) is 4. The van der Waals surface area contributed by atoms with Crippen LogP contribution in [0.2, 0.25) is 5.02 Å². The van der Waals surface area contributed by atoms with Gasteiger partial charge in [0.15, 0.2) is 0 Å². The van der Waals surface area contributed by atoms with E-state index in [4.69, 9.17) is 21.1 Å². The number of para-hydroxylation sites is 1. The van der Waals surface area contributed by atoms with E-state index in [1.54, 1.807) is 42.5 Å². The Hall–Kier alpha value is -2.73. The van der Waals surface area contributed by atoms with Crippen LogP contribution in [0.3, 0.4) is 0 Å². The molecule has 2 N–H and O–H groups in total. The van der Waals surface area contributed by atoms with E-state index >= 15 is 0 Å². The second-order valence-corrected chi connectivity index (χ2v) is 6.09. The van der Waals surface area contributed by atoms with Crippen LogP contribution < -0.4 is 14.8 Å². The average molecular weight is 378 g/mol. The molecule has 0 heterocycles. The van der Waals surface area contributed by atoms with Gasteiger partial charge in [0, 0.05) is 11.4 Å². The topological polar surface area (TPSA) is 84.9 Å². The molecular formula is C19H20ClNO5. The third-order valence-corrected chi connectivity index (χ3v) is 4.12. The van der Waals surface area contributed by atoms with E-state index in [0.717, 1.165) is 5.56 Å². The highest BCUT2D eigenvalue weighted by Gasteiger charge is 2.23. The van der Waals surface area contributed by atoms with Crippen molar-refractivity contribution in [2.75, 3.05) is 19.5 Å². The van der Waals surface area contributed by atoms with Crippen LogP contribution in [0.1, 0.15) is 12.0 Å². The Labute approximate surface area is 156 Å². The van der Waals surface area contributed by atoms with E-state index in [0.29, 0.717) is 22.2 Å². The number of nitrogens with one attached hydrogen (secondary N) is 1. The van der Waals surface area contributed by atoms with Crippen LogP contribution in [0.25, 0.3) is 0 Å². The maximum atomic E-state index is 12.4. The van der Waals surface area contributed by atoms with E-state index < -0.39 is 17.8 Å². The number of methoxy groups -OCH3 is 2. The lowest BCUT2D eigenvalue weighted by atomic mass is 9.96. The van der Waals surface area contributed by atoms with Gasteiger partial charge in [0.25, 0.3) is 0 Å². The first-order chi connectivity index (χ1) is 12.4. The summed E-state index contributed by atoms with van der Waals surface area (Å²) < 4.78 is 10.4. The highest BCUT2D eigenvalue weighted by Crippen LogP contribution is 2.34. The number of ether oxygens (including phenoxy) is 2. The van der Waals surface area contributed by atoms with Gasteiger partial charge >= 0.3 is 5.97 Å². The number of carboxylic acid groups (broad SMARTS) is 1. The molecule has 0 fully saturated rings. The minimum Gasteiger partial charge on any atom is -0.494 e. The predicted octanol–water partition coefficient (Wildman–Crippen LogP) is 3.63. The van der Waals surface area contributed by atoms with Gasteiger partial charge in [0.05, 0.1) is 20.1 Å². The molecule has 7 heteroatoms. The molecule has 0 aromatic heterocycles. The van der Waals surface area contributed by atoms with Crippen molar-refractivity contribution in [1.29, 1.82) is 0 Å². The molecule has 0 bridgehead atoms. The molecule has 0 aliphatic carbocycles. The first kappa shape index (κ1) is 19.6. The molecule has 0 saturated heterocycles. The molecule has 1 unspecified atom stereocenters. The summed E-state index contributed by atoms with van der Waals surface area (Å²) in [6.45, 7) is 0. The van der Waals surface area contributed by atoms with E-state index in [9.17, 15) is 14.7 Å². The summed E-state index contributed by atoms with van der Waals surface area (Å²) in [4.78, 5) is 24.0. The molecule has 138 valence electrons. The third-order valence-electron chi connectivity index (χ3n) is 3.87. The van der Waals surface area contributed by atoms with Gasteiger partial charge in [-0.25, -0.2) is 0 Å². The molecule has 26 heavy (non-hydrogen) atoms. The van der Waals surface area contributed by atoms with Gasteiger partial charge in [-0.2, -0.15) is 0 Å². The number of aliphatic carboxylic acids is 1. The van der Waals surface area contributed by atoms with Gasteiger partial charge in [0.2, 0.25) is 5.91 Å². The van der Waals surface area contributed by atoms with Crippen molar-refractivity contribution in [2.45, 2.75) is 12.8 Å². The molecule has 0 radical (unpaired) electrons. The van der Waals surface area contributed by atoms with Crippen LogP contribution in [0.15, 0.2) is 42.5 Å². The van der Waals surface area contributed by atoms with Crippen molar-refractivity contribution in [3.05, 3.63) is 53.1 Å². The molecule has 2 aromatic carbocycles. The zero-order valence-corrected chi connectivity index (χ0v) is 15.2. The quantitative estimate of drug-likeness (QED) is 0.733. The molecule has 1 atom stereocenters. The lowest BCUT2D eigenvalue weighted by Crippen LogP contribution is -2.24. The van der Waals surface area contributed by atoms with Crippen molar-refractivity contribution in [3.8, 4) is 11.5 Å². The largest absolute Gasteiger partial charge is 0.494 e. The van der Waals surface area contributed by atoms with Crippen molar-refractivity contribution >= 4 is 29.2 Å². The van der Waals surface area contributed by atoms with E-state index in [1.165, 1.54) is 14.2 Å². The first-order valence-corrected chi connectivity index (χ1v) is 8.30. The van der Waals surface area contributed by atoms with Gasteiger partial charge in [0.1, 0.15) is 17.2 Å². The lowest BCUT2D eigenvalue weighted by Gasteiger charge is -2.16. The molecule has 2 rings (SSSR count). The fourth-order valence-electron chi connectivity index (χ4n) is 2.54. The Balaban J connectivity index is 2.11. The molecule has 2 aromatic rings. The molecule has 0 saturated carbocycles. The Morgan fingerprint density at radius 3 is 2.15 bits per heavy atom. The first-order valence-electron chi connectivity index (χ1n) is 7.92. The number of hydrogen-bond donors (Lipinski definition) is 2. The van der Waals surface area contributed by atoms with E-state index in [1.807, 2.05) is 0 Å². The van der Waals surface area contributed by atoms with Crippen LogP contribution in [0, 0.1) is 5.92 Å². The molecular weight excluding hydrogens is 358 g/mol. The lowest BCUT2D eigenvalue weighted by molar-refractivity contribution is -0.143. The minimum absolute atomic E-state index is 0.181. The number of halogens is 1. The average Bonchev–Trinajstić information content (AvgIpc) is 2.63. The number of carboxylic acids is 1. The van der Waals surface area contributed by atoms with Gasteiger partial charge in [-0.15, -0.1) is 0 Å². The second-order valence-electron chi connectivity index (χ2n) is 5.66. The number of amides is 1. The van der Waals surface area contributed by atoms with Gasteiger partial charge in [-0.3, -0.25) is 9.59 Å². The van der Waals surface area contributed by atoms with Crippen molar-refractivity contribution in [2.24, 2.45) is 5.92 Å². The van der Waals surface area contributed by atoms with Crippen LogP contribution in [-0.2, 0) is 16.0 Å². The maximum Gasteiger partial charge on any atom is 0.307 e. The molecule has 0 spiro atoms. The van der Waals surface area contributed by atoms with Crippen molar-refractivity contribution in [1.82, 2.24) is 0 Å². The van der Waals surface area contributed by atoms with Gasteiger partial charge in [-0.1, -0.05) is 29.8 Å². The van der Waals surface area contributed by atoms with Crippen LogP contribution in [0.5, 0.6) is 11.5 Å². The molecule has 1 amide bonds. The summed E-state index contributed by atoms with van der Waals surface area (Å²) in [7, 11) is 2.95. The molecule has 6 nitrogen and oxygen atoms in total. The molecule has 0 aliphatic heterocycles. The Morgan fingerprint density at radius 2 is 1.65 bits per heavy atom. The minimum atomic E-state index is -1.04. The number of rotatable bonds is 8. The van der Waals surface area contributed by atoms with E-state index in [2.05, 4.69) is 5.32 Å². The normalized spacial score (nSPS) is 11.5. The number of benzene rings is 2. The standard InChI is InChI=1S/C19H20ClNO5/c1-25-15-4-3-5-16(26-2)18(15)21-17(22)11-13(19(23)24)10-12-6-8-14(20)9-7-12/h3-9,13H,10-11H2,1-2H3,(H,21,22)(H,23,24). The smallest absolute Gasteiger partial charge is 0.307 e. The Morgan fingerprint density at radius 1 is 1.08 bits per heavy atom. The summed E-state index contributed by atoms with van der Waals surface area (Å²) in [6.07, 6.45) is 0.0438. The Bertz CT molecular complexity index is 754. The fraction of sp³-hybridized carbons (Fsp3) is 0.263. The highest BCUT2D eigenvalue weighted by molar-refractivity contribution is 6.30. The maximum absolute atomic E-state index is 12.4. The van der Waals surface area contributed by atoms with Crippen molar-refractivity contribution < 1.29 is 24.2 Å². The summed E-state index contributed by atoms with van der Waals surface area (Å²) >= 11 is 5.84. The van der Waals surface area contributed by atoms with Crippen LogP contribution in [0.4, 0.5) is 5.69 Å². The number of anilines is 1. The summed E-state index contributed by atoms with van der Waals surface area (Å²) in [5, 5.41) is 12.7. The Kier molecular flexibility index (Phi) is 6.86. The number of carbonyl (C=O) groups is 2. The monoisotopic (exact) mass is 377 g/mol. The second kappa shape index (κ2) is 9.10. The zero-order chi connectivity index (χ0) is 19.1. The van der Waals surface area contributed by atoms with E-state index in [-0.39, 0.29) is 12.8 Å². The van der Waals surface area contributed by atoms with Gasteiger partial charge < -0.3 is 19.9 Å². The zero-order valence-electron chi connectivity index (χ0n) is 14.5. The summed E-state index contributed by atoms with van der Waals surface area (Å²) in [5.41, 5.74) is 1.17. The highest BCUT2D eigenvalue weighted by atomic mass is 35.5. The third kappa shape index (κ3) is 5.13. The van der Waals surface area contributed by atoms with Crippen LogP contribution in [-0.4, -0.2) is 31.2 Å². The SMILES string of the molecule is COc1cccc(OC)c1NC(=O)CC(Cc1ccc(Cl)cc1)C(=O)O.